The molecule has 0 aliphatic heterocycles. The predicted octanol–water partition coefficient (Wildman–Crippen LogP) is 5.71. The molecule has 5 rings (SSSR count). The van der Waals surface area contributed by atoms with Crippen molar-refractivity contribution in [2.45, 2.75) is 71.0 Å². The minimum atomic E-state index is 0.349. The van der Waals surface area contributed by atoms with Gasteiger partial charge in [-0.25, -0.2) is 0 Å². The molecular formula is C25H32O2. The van der Waals surface area contributed by atoms with Crippen LogP contribution in [0.15, 0.2) is 42.0 Å². The zero-order valence-corrected chi connectivity index (χ0v) is 16.5. The van der Waals surface area contributed by atoms with E-state index in [0.717, 1.165) is 37.2 Å². The third-order valence-electron chi connectivity index (χ3n) is 8.51. The van der Waals surface area contributed by atoms with E-state index in [2.05, 4.69) is 37.3 Å². The van der Waals surface area contributed by atoms with Crippen molar-refractivity contribution in [3.63, 3.8) is 0 Å². The largest absolute Gasteiger partial charge is 0.373 e. The Morgan fingerprint density at radius 2 is 1.85 bits per heavy atom. The van der Waals surface area contributed by atoms with Crippen LogP contribution in [0.1, 0.15) is 63.9 Å². The molecular weight excluding hydrogens is 332 g/mol. The lowest BCUT2D eigenvalue weighted by atomic mass is 9.52. The van der Waals surface area contributed by atoms with Crippen molar-refractivity contribution < 1.29 is 9.53 Å². The van der Waals surface area contributed by atoms with Gasteiger partial charge < -0.3 is 4.74 Å². The van der Waals surface area contributed by atoms with Gasteiger partial charge in [0, 0.05) is 6.42 Å². The second-order valence-electron chi connectivity index (χ2n) is 9.71. The molecule has 0 aromatic heterocycles. The molecule has 0 heterocycles. The lowest BCUT2D eigenvalue weighted by Gasteiger charge is -2.53. The van der Waals surface area contributed by atoms with E-state index in [1.807, 2.05) is 6.08 Å². The summed E-state index contributed by atoms with van der Waals surface area (Å²) in [4.78, 5) is 11.9. The zero-order chi connectivity index (χ0) is 18.4. The highest BCUT2D eigenvalue weighted by Crippen LogP contribution is 2.62. The molecule has 27 heavy (non-hydrogen) atoms. The van der Waals surface area contributed by atoms with E-state index in [1.165, 1.54) is 49.7 Å². The molecule has 3 saturated carbocycles. The number of hydrogen-bond donors (Lipinski definition) is 0. The molecule has 2 nitrogen and oxygen atoms in total. The van der Waals surface area contributed by atoms with Crippen LogP contribution >= 0.6 is 0 Å². The topological polar surface area (TPSA) is 26.3 Å². The molecule has 1 aromatic carbocycles. The molecule has 144 valence electrons. The molecule has 1 aromatic rings. The summed E-state index contributed by atoms with van der Waals surface area (Å²) in [7, 11) is 0. The minimum Gasteiger partial charge on any atom is -0.373 e. The van der Waals surface area contributed by atoms with Crippen molar-refractivity contribution in [3.05, 3.63) is 47.5 Å². The maximum Gasteiger partial charge on any atom is 0.155 e. The monoisotopic (exact) mass is 364 g/mol. The molecule has 0 unspecified atom stereocenters. The minimum absolute atomic E-state index is 0.349. The summed E-state index contributed by atoms with van der Waals surface area (Å²) in [6, 6.07) is 10.6. The van der Waals surface area contributed by atoms with Gasteiger partial charge in [-0.1, -0.05) is 42.8 Å². The molecule has 0 saturated heterocycles. The van der Waals surface area contributed by atoms with Crippen LogP contribution in [-0.2, 0) is 16.1 Å². The normalized spacial score (nSPS) is 40.7. The number of ether oxygens (including phenoxy) is 1. The van der Waals surface area contributed by atoms with Crippen molar-refractivity contribution in [3.8, 4) is 0 Å². The Morgan fingerprint density at radius 3 is 2.70 bits per heavy atom. The standard InChI is InChI=1S/C25H32O2/c1-25-14-13-21-20-10-8-19(26)15-18(20)7-9-22(21)23(25)11-12-24(25)27-16-17-5-3-2-4-6-17/h2-6,15,20-24H,7-14,16H2,1H3/t20-,21-,22+,23+,24-,25+/m1/s1. The molecule has 3 fully saturated rings. The number of rotatable bonds is 3. The first-order valence-electron chi connectivity index (χ1n) is 11.0. The van der Waals surface area contributed by atoms with E-state index in [1.54, 1.807) is 0 Å². The zero-order valence-electron chi connectivity index (χ0n) is 16.5. The van der Waals surface area contributed by atoms with Crippen molar-refractivity contribution in [2.75, 3.05) is 0 Å². The Hall–Kier alpha value is -1.41. The quantitative estimate of drug-likeness (QED) is 0.686. The van der Waals surface area contributed by atoms with Crippen molar-refractivity contribution in [2.24, 2.45) is 29.1 Å². The molecule has 0 amide bonds. The van der Waals surface area contributed by atoms with Gasteiger partial charge in [-0.15, -0.1) is 0 Å². The van der Waals surface area contributed by atoms with E-state index in [9.17, 15) is 4.79 Å². The van der Waals surface area contributed by atoms with E-state index < -0.39 is 0 Å². The first kappa shape index (κ1) is 17.7. The van der Waals surface area contributed by atoms with Crippen molar-refractivity contribution in [1.29, 1.82) is 0 Å². The van der Waals surface area contributed by atoms with Crippen LogP contribution in [0, 0.1) is 29.1 Å². The Balaban J connectivity index is 1.31. The van der Waals surface area contributed by atoms with Crippen molar-refractivity contribution >= 4 is 5.78 Å². The van der Waals surface area contributed by atoms with Gasteiger partial charge in [-0.3, -0.25) is 4.79 Å². The molecule has 0 spiro atoms. The molecule has 4 aliphatic carbocycles. The van der Waals surface area contributed by atoms with Crippen LogP contribution in [0.2, 0.25) is 0 Å². The molecule has 0 N–H and O–H groups in total. The second kappa shape index (κ2) is 6.88. The highest BCUT2D eigenvalue weighted by Gasteiger charge is 2.56. The van der Waals surface area contributed by atoms with Gasteiger partial charge in [0.15, 0.2) is 5.78 Å². The fraction of sp³-hybridized carbons (Fsp3) is 0.640. The Morgan fingerprint density at radius 1 is 1.00 bits per heavy atom. The average Bonchev–Trinajstić information content (AvgIpc) is 3.03. The van der Waals surface area contributed by atoms with Crippen LogP contribution in [0.4, 0.5) is 0 Å². The van der Waals surface area contributed by atoms with Gasteiger partial charge in [-0.2, -0.15) is 0 Å². The van der Waals surface area contributed by atoms with Gasteiger partial charge in [-0.05, 0) is 85.7 Å². The number of allylic oxidation sites excluding steroid dienone is 1. The van der Waals surface area contributed by atoms with Gasteiger partial charge in [0.2, 0.25) is 0 Å². The number of ketones is 1. The van der Waals surface area contributed by atoms with Crippen LogP contribution in [0.25, 0.3) is 0 Å². The summed E-state index contributed by atoms with van der Waals surface area (Å²) in [6.45, 7) is 3.27. The fourth-order valence-electron chi connectivity index (χ4n) is 7.18. The Labute approximate surface area is 163 Å². The predicted molar refractivity (Wildman–Crippen MR) is 107 cm³/mol. The molecule has 6 atom stereocenters. The highest BCUT2D eigenvalue weighted by molar-refractivity contribution is 5.91. The number of fused-ring (bicyclic) bond motifs is 5. The molecule has 2 heteroatoms. The van der Waals surface area contributed by atoms with Crippen LogP contribution in [0.5, 0.6) is 0 Å². The summed E-state index contributed by atoms with van der Waals surface area (Å²) in [5, 5.41) is 0. The number of hydrogen-bond acceptors (Lipinski definition) is 2. The average molecular weight is 365 g/mol. The van der Waals surface area contributed by atoms with E-state index in [-0.39, 0.29) is 0 Å². The fourth-order valence-corrected chi connectivity index (χ4v) is 7.18. The van der Waals surface area contributed by atoms with Gasteiger partial charge in [0.25, 0.3) is 0 Å². The third kappa shape index (κ3) is 3.01. The first-order chi connectivity index (χ1) is 13.1. The van der Waals surface area contributed by atoms with E-state index in [0.29, 0.717) is 23.2 Å². The van der Waals surface area contributed by atoms with Crippen LogP contribution in [0.3, 0.4) is 0 Å². The smallest absolute Gasteiger partial charge is 0.155 e. The van der Waals surface area contributed by atoms with Crippen LogP contribution in [-0.4, -0.2) is 11.9 Å². The first-order valence-corrected chi connectivity index (χ1v) is 11.0. The van der Waals surface area contributed by atoms with Gasteiger partial charge in [0.1, 0.15) is 0 Å². The Kier molecular flexibility index (Phi) is 4.50. The van der Waals surface area contributed by atoms with Crippen molar-refractivity contribution in [1.82, 2.24) is 0 Å². The summed E-state index contributed by atoms with van der Waals surface area (Å²) in [5.41, 5.74) is 3.13. The molecule has 0 radical (unpaired) electrons. The number of benzene rings is 1. The molecule has 4 aliphatic rings. The van der Waals surface area contributed by atoms with Gasteiger partial charge >= 0.3 is 0 Å². The number of carbonyl (C=O) groups is 1. The van der Waals surface area contributed by atoms with E-state index >= 15 is 0 Å². The maximum absolute atomic E-state index is 11.9. The highest BCUT2D eigenvalue weighted by atomic mass is 16.5. The second-order valence-corrected chi connectivity index (χ2v) is 9.71. The summed E-state index contributed by atoms with van der Waals surface area (Å²) in [6.07, 6.45) is 12.0. The maximum atomic E-state index is 11.9. The summed E-state index contributed by atoms with van der Waals surface area (Å²) in [5.74, 6) is 3.57. The summed E-state index contributed by atoms with van der Waals surface area (Å²) < 4.78 is 6.51. The summed E-state index contributed by atoms with van der Waals surface area (Å²) >= 11 is 0. The third-order valence-corrected chi connectivity index (χ3v) is 8.51. The lowest BCUT2D eigenvalue weighted by molar-refractivity contribution is -0.116. The number of carbonyl (C=O) groups excluding carboxylic acids is 1. The van der Waals surface area contributed by atoms with E-state index in [4.69, 9.17) is 4.74 Å². The van der Waals surface area contributed by atoms with Gasteiger partial charge in [0.05, 0.1) is 12.7 Å². The Bertz CT molecular complexity index is 736. The SMILES string of the molecule is C[C@]12CC[C@H]3[C@H](CCC4=CC(=O)CC[C@H]43)[C@@H]1CC[C@H]2OCc1ccccc1. The lowest BCUT2D eigenvalue weighted by Crippen LogP contribution is -2.48. The molecule has 0 bridgehead atoms. The van der Waals surface area contributed by atoms with Crippen LogP contribution < -0.4 is 0 Å².